The van der Waals surface area contributed by atoms with E-state index in [4.69, 9.17) is 11.1 Å². The van der Waals surface area contributed by atoms with E-state index < -0.39 is 11.6 Å². The minimum Gasteiger partial charge on any atom is -0.384 e. The number of nitrogens with one attached hydrogen (secondary N) is 1. The van der Waals surface area contributed by atoms with Crippen molar-refractivity contribution in [2.24, 2.45) is 5.73 Å². The number of nitrogens with two attached hydrogens (primary N) is 1. The summed E-state index contributed by atoms with van der Waals surface area (Å²) < 4.78 is 27.1. The van der Waals surface area contributed by atoms with Gasteiger partial charge in [-0.15, -0.1) is 0 Å². The lowest BCUT2D eigenvalue weighted by Crippen LogP contribution is -2.13. The summed E-state index contributed by atoms with van der Waals surface area (Å²) in [6.07, 6.45) is 0. The third kappa shape index (κ3) is 3.13. The minimum atomic E-state index is -0.639. The van der Waals surface area contributed by atoms with Gasteiger partial charge in [-0.2, -0.15) is 0 Å². The lowest BCUT2D eigenvalue weighted by molar-refractivity contribution is 0.565. The molecule has 0 unspecified atom stereocenters. The van der Waals surface area contributed by atoms with Crippen LogP contribution in [0.25, 0.3) is 0 Å². The highest BCUT2D eigenvalue weighted by Gasteiger charge is 2.13. The Morgan fingerprint density at radius 2 is 1.89 bits per heavy atom. The molecule has 0 saturated carbocycles. The summed E-state index contributed by atoms with van der Waals surface area (Å²) in [5, 5.41) is 7.55. The molecular weight excluding hydrogens is 334 g/mol. The fourth-order valence-electron chi connectivity index (χ4n) is 1.53. The van der Waals surface area contributed by atoms with Crippen molar-refractivity contribution < 1.29 is 8.78 Å². The second kappa shape index (κ2) is 5.71. The van der Waals surface area contributed by atoms with Crippen molar-refractivity contribution in [1.29, 1.82) is 5.41 Å². The Morgan fingerprint density at radius 1 is 1.16 bits per heavy atom. The van der Waals surface area contributed by atoms with Gasteiger partial charge in [0.25, 0.3) is 0 Å². The van der Waals surface area contributed by atoms with Gasteiger partial charge in [-0.1, -0.05) is 17.8 Å². The molecule has 2 rings (SSSR count). The van der Waals surface area contributed by atoms with Crippen molar-refractivity contribution in [3.63, 3.8) is 0 Å². The maximum Gasteiger partial charge on any atom is 0.140 e. The Balaban J connectivity index is 2.44. The first kappa shape index (κ1) is 14.0. The molecular formula is C13H9BrF2N2S. The number of benzene rings is 2. The lowest BCUT2D eigenvalue weighted by Gasteiger charge is -2.10. The Hall–Kier alpha value is -1.40. The van der Waals surface area contributed by atoms with Gasteiger partial charge in [0.2, 0.25) is 0 Å². The fraction of sp³-hybridized carbons (Fsp3) is 0. The third-order valence-electron chi connectivity index (χ3n) is 2.36. The van der Waals surface area contributed by atoms with Gasteiger partial charge in [0.05, 0.1) is 0 Å². The van der Waals surface area contributed by atoms with Crippen LogP contribution in [0.5, 0.6) is 0 Å². The predicted octanol–water partition coefficient (Wildman–Crippen LogP) is 4.16. The summed E-state index contributed by atoms with van der Waals surface area (Å²) in [6, 6.07) is 8.63. The van der Waals surface area contributed by atoms with Gasteiger partial charge in [-0.3, -0.25) is 5.41 Å². The molecule has 0 spiro atoms. The maximum absolute atomic E-state index is 13.6. The molecule has 0 aliphatic rings. The van der Waals surface area contributed by atoms with Crippen molar-refractivity contribution >= 4 is 33.5 Å². The third-order valence-corrected chi connectivity index (χ3v) is 4.13. The standard InChI is InChI=1S/C13H9BrF2N2S/c14-8-2-1-3-11(12(8)13(17)18)19-10-5-4-7(15)6-9(10)16/h1-6H,(H3,17,18). The average Bonchev–Trinajstić information content (AvgIpc) is 2.32. The molecule has 0 heterocycles. The van der Waals surface area contributed by atoms with Gasteiger partial charge in [0, 0.05) is 25.9 Å². The van der Waals surface area contributed by atoms with Crippen LogP contribution in [0.3, 0.4) is 0 Å². The SMILES string of the molecule is N=C(N)c1c(Br)cccc1Sc1ccc(F)cc1F. The summed E-state index contributed by atoms with van der Waals surface area (Å²) >= 11 is 4.40. The van der Waals surface area contributed by atoms with Crippen LogP contribution in [0, 0.1) is 17.0 Å². The molecule has 98 valence electrons. The van der Waals surface area contributed by atoms with Crippen molar-refractivity contribution in [2.75, 3.05) is 0 Å². The lowest BCUT2D eigenvalue weighted by atomic mass is 10.2. The summed E-state index contributed by atoms with van der Waals surface area (Å²) in [7, 11) is 0. The highest BCUT2D eigenvalue weighted by molar-refractivity contribution is 9.10. The molecule has 19 heavy (non-hydrogen) atoms. The second-order valence-electron chi connectivity index (χ2n) is 3.70. The number of nitrogen functional groups attached to an aromatic ring is 1. The van der Waals surface area contributed by atoms with Crippen molar-refractivity contribution in [2.45, 2.75) is 9.79 Å². The molecule has 0 aliphatic carbocycles. The molecule has 2 aromatic carbocycles. The molecule has 0 fully saturated rings. The van der Waals surface area contributed by atoms with Crippen LogP contribution in [0.4, 0.5) is 8.78 Å². The Morgan fingerprint density at radius 3 is 2.53 bits per heavy atom. The van der Waals surface area contributed by atoms with Crippen LogP contribution in [-0.2, 0) is 0 Å². The van der Waals surface area contributed by atoms with E-state index in [1.807, 2.05) is 0 Å². The zero-order valence-electron chi connectivity index (χ0n) is 9.58. The van der Waals surface area contributed by atoms with E-state index in [1.54, 1.807) is 18.2 Å². The van der Waals surface area contributed by atoms with E-state index >= 15 is 0 Å². The zero-order valence-corrected chi connectivity index (χ0v) is 12.0. The molecule has 0 saturated heterocycles. The van der Waals surface area contributed by atoms with E-state index in [0.29, 0.717) is 14.9 Å². The molecule has 0 atom stereocenters. The second-order valence-corrected chi connectivity index (χ2v) is 5.64. The highest BCUT2D eigenvalue weighted by Crippen LogP contribution is 2.35. The minimum absolute atomic E-state index is 0.113. The van der Waals surface area contributed by atoms with Crippen LogP contribution >= 0.6 is 27.7 Å². The molecule has 3 N–H and O–H groups in total. The largest absolute Gasteiger partial charge is 0.384 e. The van der Waals surface area contributed by atoms with E-state index in [9.17, 15) is 8.78 Å². The van der Waals surface area contributed by atoms with Gasteiger partial charge in [0.1, 0.15) is 17.5 Å². The van der Waals surface area contributed by atoms with Crippen molar-refractivity contribution in [3.8, 4) is 0 Å². The Bertz CT molecular complexity index is 647. The number of rotatable bonds is 3. The van der Waals surface area contributed by atoms with Gasteiger partial charge >= 0.3 is 0 Å². The Kier molecular flexibility index (Phi) is 4.21. The van der Waals surface area contributed by atoms with E-state index in [-0.39, 0.29) is 10.7 Å². The van der Waals surface area contributed by atoms with Crippen molar-refractivity contribution in [1.82, 2.24) is 0 Å². The summed E-state index contributed by atoms with van der Waals surface area (Å²) in [5.74, 6) is -1.38. The Labute approximate surface area is 121 Å². The molecule has 2 nitrogen and oxygen atoms in total. The van der Waals surface area contributed by atoms with E-state index in [0.717, 1.165) is 17.8 Å². The van der Waals surface area contributed by atoms with Crippen LogP contribution in [0.2, 0.25) is 0 Å². The van der Waals surface area contributed by atoms with Crippen molar-refractivity contribution in [3.05, 3.63) is 58.1 Å². The molecule has 2 aromatic rings. The molecule has 0 aliphatic heterocycles. The van der Waals surface area contributed by atoms with Gasteiger partial charge < -0.3 is 5.73 Å². The van der Waals surface area contributed by atoms with Crippen LogP contribution in [0.1, 0.15) is 5.56 Å². The molecule has 0 amide bonds. The van der Waals surface area contributed by atoms with Gasteiger partial charge in [-0.25, -0.2) is 8.78 Å². The summed E-state index contributed by atoms with van der Waals surface area (Å²) in [4.78, 5) is 0.911. The molecule has 0 aromatic heterocycles. The molecule has 0 radical (unpaired) electrons. The fourth-order valence-corrected chi connectivity index (χ4v) is 3.24. The van der Waals surface area contributed by atoms with Gasteiger partial charge in [0.15, 0.2) is 0 Å². The highest BCUT2D eigenvalue weighted by atomic mass is 79.9. The number of halogens is 3. The molecule has 6 heteroatoms. The first-order valence-electron chi connectivity index (χ1n) is 5.25. The number of amidine groups is 1. The zero-order chi connectivity index (χ0) is 14.0. The van der Waals surface area contributed by atoms with E-state index in [1.165, 1.54) is 12.1 Å². The topological polar surface area (TPSA) is 49.9 Å². The normalized spacial score (nSPS) is 10.5. The van der Waals surface area contributed by atoms with Crippen LogP contribution in [0.15, 0.2) is 50.7 Å². The summed E-state index contributed by atoms with van der Waals surface area (Å²) in [5.41, 5.74) is 6.01. The quantitative estimate of drug-likeness (QED) is 0.649. The van der Waals surface area contributed by atoms with Crippen LogP contribution < -0.4 is 5.73 Å². The number of hydrogen-bond donors (Lipinski definition) is 2. The predicted molar refractivity (Wildman–Crippen MR) is 75.6 cm³/mol. The first-order chi connectivity index (χ1) is 8.99. The van der Waals surface area contributed by atoms with Gasteiger partial charge in [-0.05, 0) is 40.2 Å². The summed E-state index contributed by atoms with van der Waals surface area (Å²) in [6.45, 7) is 0. The maximum atomic E-state index is 13.6. The van der Waals surface area contributed by atoms with Crippen LogP contribution in [-0.4, -0.2) is 5.84 Å². The monoisotopic (exact) mass is 342 g/mol. The van der Waals surface area contributed by atoms with E-state index in [2.05, 4.69) is 15.9 Å². The molecule has 0 bridgehead atoms. The smallest absolute Gasteiger partial charge is 0.140 e. The average molecular weight is 343 g/mol. The first-order valence-corrected chi connectivity index (χ1v) is 6.86. The number of hydrogen-bond acceptors (Lipinski definition) is 2.